The van der Waals surface area contributed by atoms with Crippen LogP contribution in [0.2, 0.25) is 0 Å². The molecule has 2 aliphatic heterocycles. The summed E-state index contributed by atoms with van der Waals surface area (Å²) in [6.07, 6.45) is 0. The molecule has 1 atom stereocenters. The van der Waals surface area contributed by atoms with Gasteiger partial charge in [0.1, 0.15) is 11.4 Å². The fourth-order valence-electron chi connectivity index (χ4n) is 4.75. The molecular formula is C24H24N2O2. The van der Waals surface area contributed by atoms with Gasteiger partial charge in [-0.15, -0.1) is 0 Å². The first-order valence-corrected chi connectivity index (χ1v) is 9.77. The van der Waals surface area contributed by atoms with Crippen LogP contribution >= 0.6 is 0 Å². The summed E-state index contributed by atoms with van der Waals surface area (Å²) in [6.45, 7) is 6.93. The molecule has 2 aliphatic rings. The summed E-state index contributed by atoms with van der Waals surface area (Å²) in [5.41, 5.74) is 2.03. The van der Waals surface area contributed by atoms with Crippen molar-refractivity contribution in [2.45, 2.75) is 31.9 Å². The van der Waals surface area contributed by atoms with Gasteiger partial charge in [0.05, 0.1) is 12.0 Å². The molecule has 0 N–H and O–H groups in total. The fourth-order valence-corrected chi connectivity index (χ4v) is 4.75. The van der Waals surface area contributed by atoms with Gasteiger partial charge >= 0.3 is 0 Å². The first-order valence-electron chi connectivity index (χ1n) is 9.77. The highest BCUT2D eigenvalue weighted by molar-refractivity contribution is 6.03. The first kappa shape index (κ1) is 17.1. The van der Waals surface area contributed by atoms with E-state index >= 15 is 0 Å². The van der Waals surface area contributed by atoms with E-state index in [9.17, 15) is 0 Å². The third kappa shape index (κ3) is 1.98. The molecule has 1 unspecified atom stereocenters. The second-order valence-electron chi connectivity index (χ2n) is 7.93. The number of para-hydroxylation sites is 1. The summed E-state index contributed by atoms with van der Waals surface area (Å²) in [5, 5.41) is 2.21. The van der Waals surface area contributed by atoms with Gasteiger partial charge in [0.2, 0.25) is 0 Å². The summed E-state index contributed by atoms with van der Waals surface area (Å²) in [5.74, 6) is 1.40. The molecule has 1 spiro atoms. The molecule has 3 aromatic rings. The Kier molecular flexibility index (Phi) is 3.51. The maximum Gasteiger partial charge on any atom is 0.268 e. The first-order chi connectivity index (χ1) is 13.5. The Balaban J connectivity index is 1.79. The van der Waals surface area contributed by atoms with Crippen molar-refractivity contribution in [3.63, 3.8) is 0 Å². The largest absolute Gasteiger partial charge is 0.477 e. The van der Waals surface area contributed by atoms with E-state index in [4.69, 9.17) is 14.5 Å². The van der Waals surface area contributed by atoms with Crippen LogP contribution in [0.25, 0.3) is 10.8 Å². The number of benzene rings is 3. The summed E-state index contributed by atoms with van der Waals surface area (Å²) in [6, 6.07) is 20.8. The minimum Gasteiger partial charge on any atom is -0.477 e. The van der Waals surface area contributed by atoms with Crippen molar-refractivity contribution in [2.24, 2.45) is 4.99 Å². The number of fused-ring (bicyclic) bond motifs is 4. The second kappa shape index (κ2) is 5.74. The molecule has 0 fully saturated rings. The van der Waals surface area contributed by atoms with Gasteiger partial charge < -0.3 is 14.4 Å². The van der Waals surface area contributed by atoms with Gasteiger partial charge in [0, 0.05) is 18.1 Å². The lowest BCUT2D eigenvalue weighted by atomic mass is 9.76. The fraction of sp³-hybridized carbons (Fsp3) is 0.292. The maximum atomic E-state index is 6.83. The van der Waals surface area contributed by atoms with Crippen LogP contribution in [0.3, 0.4) is 0 Å². The smallest absolute Gasteiger partial charge is 0.268 e. The Morgan fingerprint density at radius 3 is 2.54 bits per heavy atom. The molecule has 5 rings (SSSR count). The Labute approximate surface area is 165 Å². The van der Waals surface area contributed by atoms with E-state index in [0.717, 1.165) is 27.9 Å². The van der Waals surface area contributed by atoms with E-state index < -0.39 is 5.72 Å². The minimum absolute atomic E-state index is 0.352. The summed E-state index contributed by atoms with van der Waals surface area (Å²) < 4.78 is 13.0. The lowest BCUT2D eigenvalue weighted by molar-refractivity contribution is 0.0497. The SMILES string of the molecule is CCOC1=Nc2c(ccc3ccccc23)OC12N(C)c1ccccc1C2(C)C. The number of nitrogens with zero attached hydrogens (tertiary/aromatic N) is 2. The van der Waals surface area contributed by atoms with E-state index in [1.54, 1.807) is 0 Å². The van der Waals surface area contributed by atoms with Crippen LogP contribution in [0, 0.1) is 0 Å². The van der Waals surface area contributed by atoms with Gasteiger partial charge in [0.15, 0.2) is 0 Å². The summed E-state index contributed by atoms with van der Waals surface area (Å²) >= 11 is 0. The zero-order valence-corrected chi connectivity index (χ0v) is 16.7. The maximum absolute atomic E-state index is 6.83. The number of likely N-dealkylation sites (N-methyl/N-ethyl adjacent to an activating group) is 1. The number of anilines is 1. The van der Waals surface area contributed by atoms with Gasteiger partial charge in [-0.1, -0.05) is 48.5 Å². The number of aliphatic imine (C=N–C) groups is 1. The van der Waals surface area contributed by atoms with Crippen molar-refractivity contribution in [3.8, 4) is 5.75 Å². The molecule has 3 aromatic carbocycles. The van der Waals surface area contributed by atoms with Crippen LogP contribution in [0.4, 0.5) is 11.4 Å². The van der Waals surface area contributed by atoms with E-state index in [-0.39, 0.29) is 5.41 Å². The Hall–Kier alpha value is -3.01. The quantitative estimate of drug-likeness (QED) is 0.572. The van der Waals surface area contributed by atoms with Crippen LogP contribution in [0.1, 0.15) is 26.3 Å². The van der Waals surface area contributed by atoms with E-state index in [2.05, 4.69) is 68.3 Å². The molecule has 0 saturated carbocycles. The molecule has 0 bridgehead atoms. The van der Waals surface area contributed by atoms with Crippen molar-refractivity contribution in [2.75, 3.05) is 18.6 Å². The van der Waals surface area contributed by atoms with Crippen molar-refractivity contribution >= 4 is 28.0 Å². The number of hydrogen-bond acceptors (Lipinski definition) is 4. The predicted molar refractivity (Wildman–Crippen MR) is 114 cm³/mol. The molecule has 0 amide bonds. The lowest BCUT2D eigenvalue weighted by Gasteiger charge is -2.47. The highest BCUT2D eigenvalue weighted by Gasteiger charge is 2.64. The Bertz CT molecular complexity index is 1120. The second-order valence-corrected chi connectivity index (χ2v) is 7.93. The molecule has 2 heterocycles. The summed E-state index contributed by atoms with van der Waals surface area (Å²) in [7, 11) is 2.06. The molecular weight excluding hydrogens is 348 g/mol. The standard InChI is InChI=1S/C24H24N2O2/c1-5-27-22-24(23(2,3)18-12-8-9-13-19(18)26(24)4)28-20-15-14-16-10-6-7-11-17(16)21(20)25-22/h6-15H,5H2,1-4H3. The van der Waals surface area contributed by atoms with Crippen molar-refractivity contribution in [3.05, 3.63) is 66.2 Å². The van der Waals surface area contributed by atoms with Gasteiger partial charge in [-0.05, 0) is 43.9 Å². The average molecular weight is 372 g/mol. The van der Waals surface area contributed by atoms with Gasteiger partial charge in [0.25, 0.3) is 11.6 Å². The van der Waals surface area contributed by atoms with E-state index in [1.165, 1.54) is 5.56 Å². The normalized spacial score (nSPS) is 21.9. The number of hydrogen-bond donors (Lipinski definition) is 0. The topological polar surface area (TPSA) is 34.1 Å². The molecule has 28 heavy (non-hydrogen) atoms. The monoisotopic (exact) mass is 372 g/mol. The zero-order chi connectivity index (χ0) is 19.5. The highest BCUT2D eigenvalue weighted by atomic mass is 16.6. The molecule has 4 nitrogen and oxygen atoms in total. The lowest BCUT2D eigenvalue weighted by Crippen LogP contribution is -2.65. The molecule has 0 aliphatic carbocycles. The Morgan fingerprint density at radius 2 is 1.75 bits per heavy atom. The van der Waals surface area contributed by atoms with Crippen LogP contribution in [0.15, 0.2) is 65.7 Å². The zero-order valence-electron chi connectivity index (χ0n) is 16.7. The summed E-state index contributed by atoms with van der Waals surface area (Å²) in [4.78, 5) is 7.23. The van der Waals surface area contributed by atoms with Crippen LogP contribution in [-0.2, 0) is 10.2 Å². The van der Waals surface area contributed by atoms with Crippen LogP contribution < -0.4 is 9.64 Å². The van der Waals surface area contributed by atoms with Crippen LogP contribution in [0.5, 0.6) is 5.75 Å². The van der Waals surface area contributed by atoms with E-state index in [0.29, 0.717) is 12.5 Å². The average Bonchev–Trinajstić information content (AvgIpc) is 2.88. The number of rotatable bonds is 1. The van der Waals surface area contributed by atoms with Crippen LogP contribution in [-0.4, -0.2) is 25.3 Å². The Morgan fingerprint density at radius 1 is 1.00 bits per heavy atom. The molecule has 0 radical (unpaired) electrons. The molecule has 0 saturated heterocycles. The number of ether oxygens (including phenoxy) is 2. The van der Waals surface area contributed by atoms with Gasteiger partial charge in [-0.25, -0.2) is 4.99 Å². The highest BCUT2D eigenvalue weighted by Crippen LogP contribution is 2.55. The van der Waals surface area contributed by atoms with E-state index in [1.807, 2.05) is 25.1 Å². The molecule has 0 aromatic heterocycles. The molecule has 4 heteroatoms. The molecule has 142 valence electrons. The minimum atomic E-state index is -0.831. The predicted octanol–water partition coefficient (Wildman–Crippen LogP) is 5.42. The van der Waals surface area contributed by atoms with Crippen molar-refractivity contribution in [1.82, 2.24) is 0 Å². The van der Waals surface area contributed by atoms with Gasteiger partial charge in [-0.3, -0.25) is 0 Å². The third-order valence-corrected chi connectivity index (χ3v) is 6.16. The third-order valence-electron chi connectivity index (χ3n) is 6.16. The van der Waals surface area contributed by atoms with Gasteiger partial charge in [-0.2, -0.15) is 0 Å². The van der Waals surface area contributed by atoms with Crippen molar-refractivity contribution in [1.29, 1.82) is 0 Å². The van der Waals surface area contributed by atoms with Crippen molar-refractivity contribution < 1.29 is 9.47 Å².